The predicted molar refractivity (Wildman–Crippen MR) is 89.6 cm³/mol. The van der Waals surface area contributed by atoms with Gasteiger partial charge in [-0.2, -0.15) is 0 Å². The van der Waals surface area contributed by atoms with Crippen LogP contribution in [0.4, 0.5) is 10.1 Å². The second-order valence-corrected chi connectivity index (χ2v) is 6.01. The Morgan fingerprint density at radius 2 is 1.77 bits per heavy atom. The molecule has 2 nitrogen and oxygen atoms in total. The van der Waals surface area contributed by atoms with Crippen molar-refractivity contribution in [1.29, 1.82) is 0 Å². The molecule has 0 aliphatic carbocycles. The van der Waals surface area contributed by atoms with Gasteiger partial charge in [-0.1, -0.05) is 36.4 Å². The molecule has 3 heteroatoms. The van der Waals surface area contributed by atoms with Gasteiger partial charge in [-0.25, -0.2) is 4.39 Å². The maximum Gasteiger partial charge on any atom is 0.125 e. The fraction of sp³-hybridized carbons (Fsp3) is 0.368. The van der Waals surface area contributed by atoms with Crippen LogP contribution in [0, 0.1) is 5.82 Å². The summed E-state index contributed by atoms with van der Waals surface area (Å²) in [5.74, 6) is -0.176. The third kappa shape index (κ3) is 4.31. The molecule has 0 spiro atoms. The fourth-order valence-electron chi connectivity index (χ4n) is 3.05. The molecule has 1 N–H and O–H groups in total. The molecule has 1 fully saturated rings. The number of hydrogen-bond acceptors (Lipinski definition) is 2. The SMILES string of the molecule is Fc1cccc(NC2CCN(CCc3ccccc3)CC2)c1. The van der Waals surface area contributed by atoms with Gasteiger partial charge in [0.05, 0.1) is 0 Å². The normalized spacial score (nSPS) is 16.6. The molecule has 0 bridgehead atoms. The monoisotopic (exact) mass is 298 g/mol. The molecule has 2 aromatic rings. The molecule has 1 aliphatic heterocycles. The predicted octanol–water partition coefficient (Wildman–Crippen LogP) is 3.94. The molecule has 0 unspecified atom stereocenters. The highest BCUT2D eigenvalue weighted by Gasteiger charge is 2.18. The highest BCUT2D eigenvalue weighted by Crippen LogP contribution is 2.17. The van der Waals surface area contributed by atoms with Crippen molar-refractivity contribution < 1.29 is 4.39 Å². The number of nitrogens with zero attached hydrogens (tertiary/aromatic N) is 1. The van der Waals surface area contributed by atoms with Crippen molar-refractivity contribution in [2.45, 2.75) is 25.3 Å². The molecule has 1 saturated heterocycles. The van der Waals surface area contributed by atoms with Gasteiger partial charge in [-0.3, -0.25) is 0 Å². The number of likely N-dealkylation sites (tertiary alicyclic amines) is 1. The standard InChI is InChI=1S/C19H23FN2/c20-17-7-4-8-19(15-17)21-18-10-13-22(14-11-18)12-9-16-5-2-1-3-6-16/h1-8,15,18,21H,9-14H2. The Hall–Kier alpha value is -1.87. The van der Waals surface area contributed by atoms with E-state index in [1.807, 2.05) is 6.07 Å². The molecular formula is C19H23FN2. The van der Waals surface area contributed by atoms with Gasteiger partial charge in [0.25, 0.3) is 0 Å². The molecule has 0 saturated carbocycles. The Kier molecular flexibility index (Phi) is 5.07. The number of halogens is 1. The Balaban J connectivity index is 1.42. The Labute approximate surface area is 132 Å². The van der Waals surface area contributed by atoms with Crippen LogP contribution in [0.2, 0.25) is 0 Å². The molecule has 0 amide bonds. The summed E-state index contributed by atoms with van der Waals surface area (Å²) in [6.45, 7) is 3.34. The van der Waals surface area contributed by atoms with Gasteiger partial charge in [0.1, 0.15) is 5.82 Å². The minimum Gasteiger partial charge on any atom is -0.382 e. The minimum atomic E-state index is -0.176. The first-order valence-electron chi connectivity index (χ1n) is 8.08. The molecule has 116 valence electrons. The summed E-state index contributed by atoms with van der Waals surface area (Å²) < 4.78 is 13.2. The maximum atomic E-state index is 13.2. The van der Waals surface area contributed by atoms with Crippen LogP contribution < -0.4 is 5.32 Å². The third-order valence-corrected chi connectivity index (χ3v) is 4.34. The summed E-state index contributed by atoms with van der Waals surface area (Å²) in [7, 11) is 0. The lowest BCUT2D eigenvalue weighted by atomic mass is 10.0. The molecule has 1 aliphatic rings. The number of hydrogen-bond donors (Lipinski definition) is 1. The summed E-state index contributed by atoms with van der Waals surface area (Å²) in [4.78, 5) is 2.52. The lowest BCUT2D eigenvalue weighted by molar-refractivity contribution is 0.221. The van der Waals surface area contributed by atoms with Crippen LogP contribution in [0.15, 0.2) is 54.6 Å². The van der Waals surface area contributed by atoms with E-state index in [4.69, 9.17) is 0 Å². The van der Waals surface area contributed by atoms with Crippen LogP contribution in [0.1, 0.15) is 18.4 Å². The van der Waals surface area contributed by atoms with Crippen molar-refractivity contribution in [3.05, 3.63) is 66.0 Å². The zero-order chi connectivity index (χ0) is 15.2. The highest BCUT2D eigenvalue weighted by atomic mass is 19.1. The van der Waals surface area contributed by atoms with E-state index in [0.717, 1.165) is 44.6 Å². The van der Waals surface area contributed by atoms with Crippen molar-refractivity contribution in [2.24, 2.45) is 0 Å². The van der Waals surface area contributed by atoms with Gasteiger partial charge < -0.3 is 10.2 Å². The van der Waals surface area contributed by atoms with Crippen LogP contribution in [0.3, 0.4) is 0 Å². The van der Waals surface area contributed by atoms with E-state index in [1.165, 1.54) is 11.6 Å². The largest absolute Gasteiger partial charge is 0.382 e. The summed E-state index contributed by atoms with van der Waals surface area (Å²) in [5.41, 5.74) is 2.30. The molecule has 0 aromatic heterocycles. The Bertz CT molecular complexity index is 577. The van der Waals surface area contributed by atoms with Gasteiger partial charge in [-0.05, 0) is 43.0 Å². The molecule has 1 heterocycles. The maximum absolute atomic E-state index is 13.2. The van der Waals surface area contributed by atoms with Crippen LogP contribution in [0.25, 0.3) is 0 Å². The number of anilines is 1. The first kappa shape index (κ1) is 15.0. The molecular weight excluding hydrogens is 275 g/mol. The highest BCUT2D eigenvalue weighted by molar-refractivity contribution is 5.44. The van der Waals surface area contributed by atoms with Crippen molar-refractivity contribution in [2.75, 3.05) is 25.0 Å². The smallest absolute Gasteiger partial charge is 0.125 e. The fourth-order valence-corrected chi connectivity index (χ4v) is 3.05. The topological polar surface area (TPSA) is 15.3 Å². The van der Waals surface area contributed by atoms with Gasteiger partial charge >= 0.3 is 0 Å². The Morgan fingerprint density at radius 3 is 2.50 bits per heavy atom. The number of rotatable bonds is 5. The third-order valence-electron chi connectivity index (χ3n) is 4.34. The molecule has 0 atom stereocenters. The zero-order valence-electron chi connectivity index (χ0n) is 12.8. The van der Waals surface area contributed by atoms with Crippen molar-refractivity contribution >= 4 is 5.69 Å². The minimum absolute atomic E-state index is 0.176. The molecule has 2 aromatic carbocycles. The van der Waals surface area contributed by atoms with E-state index in [1.54, 1.807) is 12.1 Å². The van der Waals surface area contributed by atoms with E-state index >= 15 is 0 Å². The Morgan fingerprint density at radius 1 is 1.00 bits per heavy atom. The van der Waals surface area contributed by atoms with Crippen molar-refractivity contribution in [3.63, 3.8) is 0 Å². The summed E-state index contributed by atoms with van der Waals surface area (Å²) in [6.07, 6.45) is 3.35. The van der Waals surface area contributed by atoms with Crippen LogP contribution in [0.5, 0.6) is 0 Å². The van der Waals surface area contributed by atoms with E-state index < -0.39 is 0 Å². The van der Waals surface area contributed by atoms with E-state index in [0.29, 0.717) is 6.04 Å². The molecule has 22 heavy (non-hydrogen) atoms. The summed E-state index contributed by atoms with van der Waals surface area (Å²) in [5, 5.41) is 3.45. The lowest BCUT2D eigenvalue weighted by Gasteiger charge is -2.32. The van der Waals surface area contributed by atoms with Crippen molar-refractivity contribution in [3.8, 4) is 0 Å². The second-order valence-electron chi connectivity index (χ2n) is 6.01. The second kappa shape index (κ2) is 7.41. The van der Waals surface area contributed by atoms with Crippen LogP contribution in [-0.4, -0.2) is 30.6 Å². The number of piperidine rings is 1. The number of nitrogens with one attached hydrogen (secondary N) is 1. The van der Waals surface area contributed by atoms with Gasteiger partial charge in [0.15, 0.2) is 0 Å². The molecule has 3 rings (SSSR count). The average Bonchev–Trinajstić information content (AvgIpc) is 2.55. The van der Waals surface area contributed by atoms with Gasteiger partial charge in [0.2, 0.25) is 0 Å². The number of benzene rings is 2. The van der Waals surface area contributed by atoms with Gasteiger partial charge in [0, 0.05) is 31.4 Å². The quantitative estimate of drug-likeness (QED) is 0.899. The van der Waals surface area contributed by atoms with E-state index in [2.05, 4.69) is 40.5 Å². The first-order chi connectivity index (χ1) is 10.8. The van der Waals surface area contributed by atoms with Crippen LogP contribution in [-0.2, 0) is 6.42 Å². The van der Waals surface area contributed by atoms with Crippen molar-refractivity contribution in [1.82, 2.24) is 4.90 Å². The zero-order valence-corrected chi connectivity index (χ0v) is 12.8. The summed E-state index contributed by atoms with van der Waals surface area (Å²) in [6, 6.07) is 17.9. The van der Waals surface area contributed by atoms with E-state index in [9.17, 15) is 4.39 Å². The van der Waals surface area contributed by atoms with Crippen LogP contribution >= 0.6 is 0 Å². The molecule has 0 radical (unpaired) electrons. The summed E-state index contributed by atoms with van der Waals surface area (Å²) >= 11 is 0. The van der Waals surface area contributed by atoms with Gasteiger partial charge in [-0.15, -0.1) is 0 Å². The average molecular weight is 298 g/mol. The first-order valence-corrected chi connectivity index (χ1v) is 8.08. The van der Waals surface area contributed by atoms with E-state index in [-0.39, 0.29) is 5.82 Å². The lowest BCUT2D eigenvalue weighted by Crippen LogP contribution is -2.40.